The highest BCUT2D eigenvalue weighted by Crippen LogP contribution is 2.43. The van der Waals surface area contributed by atoms with Crippen molar-refractivity contribution in [1.82, 2.24) is 0 Å². The van der Waals surface area contributed by atoms with Gasteiger partial charge < -0.3 is 4.74 Å². The van der Waals surface area contributed by atoms with Gasteiger partial charge in [-0.3, -0.25) is 4.79 Å². The maximum atomic E-state index is 12.6. The van der Waals surface area contributed by atoms with Crippen molar-refractivity contribution in [3.05, 3.63) is 71.8 Å². The minimum atomic E-state index is -0.167. The predicted molar refractivity (Wildman–Crippen MR) is 82.8 cm³/mol. The van der Waals surface area contributed by atoms with Crippen LogP contribution in [0.1, 0.15) is 37.2 Å². The normalized spacial score (nSPS) is 29.3. The molecule has 1 fully saturated rings. The summed E-state index contributed by atoms with van der Waals surface area (Å²) >= 11 is 0. The minimum absolute atomic E-state index is 0.109. The summed E-state index contributed by atoms with van der Waals surface area (Å²) in [6.07, 6.45) is -0.333. The Morgan fingerprint density at radius 2 is 1.10 bits per heavy atom. The molecule has 1 aliphatic rings. The van der Waals surface area contributed by atoms with E-state index in [0.717, 1.165) is 11.1 Å². The van der Waals surface area contributed by atoms with Gasteiger partial charge in [0.15, 0.2) is 0 Å². The van der Waals surface area contributed by atoms with Crippen LogP contribution in [0.25, 0.3) is 0 Å². The number of benzene rings is 2. The van der Waals surface area contributed by atoms with Crippen LogP contribution < -0.4 is 0 Å². The first-order chi connectivity index (χ1) is 10.2. The number of rotatable bonds is 2. The summed E-state index contributed by atoms with van der Waals surface area (Å²) in [4.78, 5) is 12.6. The van der Waals surface area contributed by atoms with E-state index < -0.39 is 0 Å². The van der Waals surface area contributed by atoms with Gasteiger partial charge in [0, 0.05) is 11.8 Å². The van der Waals surface area contributed by atoms with E-state index in [1.165, 1.54) is 0 Å². The Labute approximate surface area is 125 Å². The Bertz CT molecular complexity index is 552. The van der Waals surface area contributed by atoms with Crippen LogP contribution in [0.5, 0.6) is 0 Å². The highest BCUT2D eigenvalue weighted by molar-refractivity contribution is 5.85. The molecular formula is C19H20O2. The standard InChI is InChI=1S/C19H20O2/c1-13-17(20)14(2)19(16-11-7-4-8-12-16)21-18(13)15-9-5-3-6-10-15/h3-14,18-19H,1-2H3. The smallest absolute Gasteiger partial charge is 0.144 e. The molecule has 108 valence electrons. The first-order valence-electron chi connectivity index (χ1n) is 7.47. The fourth-order valence-electron chi connectivity index (χ4n) is 3.13. The Morgan fingerprint density at radius 1 is 0.714 bits per heavy atom. The van der Waals surface area contributed by atoms with Crippen molar-refractivity contribution < 1.29 is 9.53 Å². The van der Waals surface area contributed by atoms with E-state index in [9.17, 15) is 4.79 Å². The second-order valence-electron chi connectivity index (χ2n) is 5.78. The average Bonchev–Trinajstić information content (AvgIpc) is 2.55. The second kappa shape index (κ2) is 5.82. The van der Waals surface area contributed by atoms with Crippen LogP contribution in [0.4, 0.5) is 0 Å². The summed E-state index contributed by atoms with van der Waals surface area (Å²) < 4.78 is 6.33. The lowest BCUT2D eigenvalue weighted by Crippen LogP contribution is -2.37. The molecule has 1 heterocycles. The lowest BCUT2D eigenvalue weighted by atomic mass is 9.80. The molecule has 2 heteroatoms. The monoisotopic (exact) mass is 280 g/mol. The highest BCUT2D eigenvalue weighted by atomic mass is 16.5. The molecular weight excluding hydrogens is 260 g/mol. The van der Waals surface area contributed by atoms with Gasteiger partial charge in [-0.1, -0.05) is 74.5 Å². The molecule has 21 heavy (non-hydrogen) atoms. The summed E-state index contributed by atoms with van der Waals surface area (Å²) in [5.74, 6) is 0.0636. The Kier molecular flexibility index (Phi) is 3.89. The van der Waals surface area contributed by atoms with E-state index in [1.807, 2.05) is 74.5 Å². The zero-order valence-corrected chi connectivity index (χ0v) is 12.4. The third-order valence-electron chi connectivity index (χ3n) is 4.36. The van der Waals surface area contributed by atoms with Crippen molar-refractivity contribution in [2.24, 2.45) is 11.8 Å². The number of carbonyl (C=O) groups excluding carboxylic acids is 1. The molecule has 0 bridgehead atoms. The molecule has 0 saturated carbocycles. The van der Waals surface area contributed by atoms with Crippen LogP contribution >= 0.6 is 0 Å². The maximum absolute atomic E-state index is 12.6. The molecule has 0 spiro atoms. The van der Waals surface area contributed by atoms with Crippen molar-refractivity contribution in [3.8, 4) is 0 Å². The van der Waals surface area contributed by atoms with E-state index in [4.69, 9.17) is 4.74 Å². The van der Waals surface area contributed by atoms with Gasteiger partial charge in [0.2, 0.25) is 0 Å². The molecule has 2 nitrogen and oxygen atoms in total. The van der Waals surface area contributed by atoms with Crippen LogP contribution in [0.3, 0.4) is 0 Å². The number of Topliss-reactive ketones (excluding diaryl/α,β-unsaturated/α-hetero) is 1. The zero-order chi connectivity index (χ0) is 14.8. The molecule has 0 amide bonds. The third-order valence-corrected chi connectivity index (χ3v) is 4.36. The van der Waals surface area contributed by atoms with Crippen LogP contribution in [0.2, 0.25) is 0 Å². The van der Waals surface area contributed by atoms with Crippen molar-refractivity contribution >= 4 is 5.78 Å². The van der Waals surface area contributed by atoms with E-state index in [2.05, 4.69) is 0 Å². The first-order valence-corrected chi connectivity index (χ1v) is 7.47. The van der Waals surface area contributed by atoms with Crippen LogP contribution in [-0.4, -0.2) is 5.78 Å². The van der Waals surface area contributed by atoms with Crippen molar-refractivity contribution in [3.63, 3.8) is 0 Å². The molecule has 0 radical (unpaired) electrons. The van der Waals surface area contributed by atoms with Crippen molar-refractivity contribution in [1.29, 1.82) is 0 Å². The lowest BCUT2D eigenvalue weighted by molar-refractivity contribution is -0.157. The summed E-state index contributed by atoms with van der Waals surface area (Å²) in [5, 5.41) is 0. The zero-order valence-electron chi connectivity index (χ0n) is 12.4. The SMILES string of the molecule is CC1C(=O)C(C)C(c2ccccc2)OC1c1ccccc1. The van der Waals surface area contributed by atoms with Crippen LogP contribution in [0.15, 0.2) is 60.7 Å². The number of carbonyl (C=O) groups is 1. The summed E-state index contributed by atoms with van der Waals surface area (Å²) in [6, 6.07) is 20.1. The molecule has 4 atom stereocenters. The fraction of sp³-hybridized carbons (Fsp3) is 0.316. The average molecular weight is 280 g/mol. The second-order valence-corrected chi connectivity index (χ2v) is 5.78. The minimum Gasteiger partial charge on any atom is -0.364 e. The number of ether oxygens (including phenoxy) is 1. The first kappa shape index (κ1) is 14.0. The summed E-state index contributed by atoms with van der Waals surface area (Å²) in [5.41, 5.74) is 2.15. The van der Waals surface area contributed by atoms with Crippen LogP contribution in [-0.2, 0) is 9.53 Å². The largest absolute Gasteiger partial charge is 0.364 e. The number of hydrogen-bond acceptors (Lipinski definition) is 2. The van der Waals surface area contributed by atoms with E-state index in [1.54, 1.807) is 0 Å². The topological polar surface area (TPSA) is 26.3 Å². The Morgan fingerprint density at radius 3 is 1.48 bits per heavy atom. The number of ketones is 1. The molecule has 1 aliphatic heterocycles. The molecule has 2 aromatic rings. The van der Waals surface area contributed by atoms with Gasteiger partial charge in [0.25, 0.3) is 0 Å². The maximum Gasteiger partial charge on any atom is 0.144 e. The molecule has 3 rings (SSSR count). The van der Waals surface area contributed by atoms with Gasteiger partial charge in [0.1, 0.15) is 5.78 Å². The van der Waals surface area contributed by atoms with Gasteiger partial charge in [-0.25, -0.2) is 0 Å². The Balaban J connectivity index is 1.95. The molecule has 0 aliphatic carbocycles. The molecule has 2 aromatic carbocycles. The van der Waals surface area contributed by atoms with Crippen molar-refractivity contribution in [2.45, 2.75) is 26.1 Å². The van der Waals surface area contributed by atoms with E-state index in [0.29, 0.717) is 0 Å². The quantitative estimate of drug-likeness (QED) is 0.818. The van der Waals surface area contributed by atoms with Crippen LogP contribution in [0, 0.1) is 11.8 Å². The molecule has 0 N–H and O–H groups in total. The molecule has 0 aromatic heterocycles. The van der Waals surface area contributed by atoms with Gasteiger partial charge in [-0.15, -0.1) is 0 Å². The Hall–Kier alpha value is -1.93. The predicted octanol–water partition coefficient (Wildman–Crippen LogP) is 4.34. The van der Waals surface area contributed by atoms with Gasteiger partial charge in [0.05, 0.1) is 12.2 Å². The van der Waals surface area contributed by atoms with Gasteiger partial charge in [-0.2, -0.15) is 0 Å². The third kappa shape index (κ3) is 2.64. The number of hydrogen-bond donors (Lipinski definition) is 0. The summed E-state index contributed by atoms with van der Waals surface area (Å²) in [7, 11) is 0. The molecule has 4 unspecified atom stereocenters. The fourth-order valence-corrected chi connectivity index (χ4v) is 3.13. The molecule has 1 saturated heterocycles. The van der Waals surface area contributed by atoms with Crippen molar-refractivity contribution in [2.75, 3.05) is 0 Å². The lowest BCUT2D eigenvalue weighted by Gasteiger charge is -2.38. The van der Waals surface area contributed by atoms with Gasteiger partial charge in [-0.05, 0) is 11.1 Å². The summed E-state index contributed by atoms with van der Waals surface area (Å²) in [6.45, 7) is 3.94. The highest BCUT2D eigenvalue weighted by Gasteiger charge is 2.41. The van der Waals surface area contributed by atoms with Gasteiger partial charge >= 0.3 is 0 Å². The van der Waals surface area contributed by atoms with E-state index in [-0.39, 0.29) is 29.8 Å². The van der Waals surface area contributed by atoms with E-state index >= 15 is 0 Å².